The number of nitrogens with one attached hydrogen (secondary N) is 1. The van der Waals surface area contributed by atoms with E-state index in [-0.39, 0.29) is 6.10 Å². The number of anilines is 1. The van der Waals surface area contributed by atoms with E-state index in [4.69, 9.17) is 0 Å². The molecule has 0 spiro atoms. The Morgan fingerprint density at radius 3 is 2.89 bits per heavy atom. The molecule has 2 atom stereocenters. The molecule has 1 heterocycles. The van der Waals surface area contributed by atoms with E-state index in [2.05, 4.69) is 51.3 Å². The zero-order valence-electron chi connectivity index (χ0n) is 11.0. The van der Waals surface area contributed by atoms with Crippen LogP contribution in [0.4, 0.5) is 5.69 Å². The first-order valence-electron chi connectivity index (χ1n) is 6.48. The van der Waals surface area contributed by atoms with E-state index in [1.807, 2.05) is 7.05 Å². The van der Waals surface area contributed by atoms with E-state index in [1.54, 1.807) is 0 Å². The Labute approximate surface area is 117 Å². The fourth-order valence-corrected chi connectivity index (χ4v) is 2.86. The molecule has 1 aliphatic heterocycles. The number of nitrogens with zero attached hydrogens (tertiary/aromatic N) is 1. The summed E-state index contributed by atoms with van der Waals surface area (Å²) in [6.07, 6.45) is 0.839. The molecule has 3 nitrogen and oxygen atoms in total. The summed E-state index contributed by atoms with van der Waals surface area (Å²) in [4.78, 5) is 2.26. The molecule has 4 heteroatoms. The van der Waals surface area contributed by atoms with Gasteiger partial charge in [-0.15, -0.1) is 0 Å². The zero-order valence-corrected chi connectivity index (χ0v) is 12.6. The molecule has 0 aromatic heterocycles. The van der Waals surface area contributed by atoms with Crippen LogP contribution in [0.25, 0.3) is 0 Å². The van der Waals surface area contributed by atoms with Gasteiger partial charge in [-0.1, -0.05) is 28.9 Å². The monoisotopic (exact) mass is 312 g/mol. The topological polar surface area (TPSA) is 35.5 Å². The van der Waals surface area contributed by atoms with Crippen LogP contribution in [0.1, 0.15) is 18.9 Å². The molecule has 0 bridgehead atoms. The van der Waals surface area contributed by atoms with E-state index < -0.39 is 0 Å². The van der Waals surface area contributed by atoms with Gasteiger partial charge in [-0.05, 0) is 37.1 Å². The third-order valence-corrected chi connectivity index (χ3v) is 4.43. The van der Waals surface area contributed by atoms with Crippen molar-refractivity contribution >= 4 is 21.6 Å². The first-order chi connectivity index (χ1) is 8.61. The Morgan fingerprint density at radius 1 is 1.50 bits per heavy atom. The van der Waals surface area contributed by atoms with Gasteiger partial charge >= 0.3 is 0 Å². The maximum atomic E-state index is 9.95. The second-order valence-electron chi connectivity index (χ2n) is 5.09. The third kappa shape index (κ3) is 3.05. The molecule has 2 rings (SSSR count). The first kappa shape index (κ1) is 13.8. The van der Waals surface area contributed by atoms with Crippen LogP contribution >= 0.6 is 15.9 Å². The van der Waals surface area contributed by atoms with Crippen LogP contribution in [0.15, 0.2) is 22.7 Å². The molecule has 2 unspecified atom stereocenters. The fraction of sp³-hybridized carbons (Fsp3) is 0.571. The lowest BCUT2D eigenvalue weighted by Crippen LogP contribution is -2.42. The van der Waals surface area contributed by atoms with Crippen LogP contribution < -0.4 is 10.2 Å². The maximum Gasteiger partial charge on any atom is 0.0741 e. The molecule has 2 N–H and O–H groups in total. The minimum absolute atomic E-state index is 0.213. The average Bonchev–Trinajstić information content (AvgIpc) is 2.35. The molecule has 0 radical (unpaired) electrons. The highest BCUT2D eigenvalue weighted by molar-refractivity contribution is 9.10. The van der Waals surface area contributed by atoms with Gasteiger partial charge in [0.1, 0.15) is 0 Å². The quantitative estimate of drug-likeness (QED) is 0.899. The Kier molecular flexibility index (Phi) is 4.65. The highest BCUT2D eigenvalue weighted by atomic mass is 79.9. The lowest BCUT2D eigenvalue weighted by molar-refractivity contribution is 0.103. The second kappa shape index (κ2) is 6.04. The van der Waals surface area contributed by atoms with Crippen molar-refractivity contribution in [2.75, 3.05) is 25.0 Å². The summed E-state index contributed by atoms with van der Waals surface area (Å²) in [5.41, 5.74) is 2.44. The van der Waals surface area contributed by atoms with Crippen LogP contribution in [0.5, 0.6) is 0 Å². The molecule has 0 aliphatic carbocycles. The van der Waals surface area contributed by atoms with Gasteiger partial charge in [-0.2, -0.15) is 0 Å². The summed E-state index contributed by atoms with van der Waals surface area (Å²) in [7, 11) is 1.95. The Hall–Kier alpha value is -0.580. The average molecular weight is 313 g/mol. The van der Waals surface area contributed by atoms with Gasteiger partial charge in [0.15, 0.2) is 0 Å². The minimum atomic E-state index is -0.213. The minimum Gasteiger partial charge on any atom is -0.391 e. The second-order valence-corrected chi connectivity index (χ2v) is 5.94. The lowest BCUT2D eigenvalue weighted by atomic mass is 9.95. The summed E-state index contributed by atoms with van der Waals surface area (Å²) >= 11 is 3.61. The highest BCUT2D eigenvalue weighted by Gasteiger charge is 2.24. The first-order valence-corrected chi connectivity index (χ1v) is 7.27. The largest absolute Gasteiger partial charge is 0.391 e. The number of halogens is 1. The molecule has 1 aliphatic rings. The number of piperidine rings is 1. The Morgan fingerprint density at radius 2 is 2.28 bits per heavy atom. The summed E-state index contributed by atoms with van der Waals surface area (Å²) < 4.78 is 1.13. The number of benzene rings is 1. The zero-order chi connectivity index (χ0) is 13.1. The van der Waals surface area contributed by atoms with Crippen LogP contribution in [-0.4, -0.2) is 31.3 Å². The van der Waals surface area contributed by atoms with Gasteiger partial charge in [-0.25, -0.2) is 0 Å². The molecular formula is C14H21BrN2O. The van der Waals surface area contributed by atoms with Crippen LogP contribution in [-0.2, 0) is 6.54 Å². The van der Waals surface area contributed by atoms with Gasteiger partial charge in [0, 0.05) is 29.8 Å². The molecule has 0 saturated carbocycles. The normalized spacial score (nSPS) is 24.3. The SMILES string of the molecule is CNCc1ccc(N2CCC(C)C(O)C2)cc1Br. The van der Waals surface area contributed by atoms with E-state index in [0.717, 1.165) is 30.5 Å². The maximum absolute atomic E-state index is 9.95. The smallest absolute Gasteiger partial charge is 0.0741 e. The molecular weight excluding hydrogens is 292 g/mol. The molecule has 18 heavy (non-hydrogen) atoms. The molecule has 1 aromatic rings. The number of β-amino-alcohol motifs (C(OH)–C–C–N with tert-alkyl or cyclic N) is 1. The van der Waals surface area contributed by atoms with Crippen molar-refractivity contribution in [3.63, 3.8) is 0 Å². The number of aliphatic hydroxyl groups is 1. The predicted octanol–water partition coefficient (Wildman–Crippen LogP) is 2.38. The van der Waals surface area contributed by atoms with Gasteiger partial charge < -0.3 is 15.3 Å². The van der Waals surface area contributed by atoms with Crippen LogP contribution in [0, 0.1) is 5.92 Å². The summed E-state index contributed by atoms with van der Waals surface area (Å²) in [6.45, 7) is 4.74. The Bertz CT molecular complexity index is 411. The van der Waals surface area contributed by atoms with Crippen molar-refractivity contribution in [3.8, 4) is 0 Å². The van der Waals surface area contributed by atoms with Gasteiger partial charge in [0.25, 0.3) is 0 Å². The van der Waals surface area contributed by atoms with Crippen molar-refractivity contribution in [3.05, 3.63) is 28.2 Å². The molecule has 1 aromatic carbocycles. The standard InChI is InChI=1S/C14H21BrN2O/c1-10-5-6-17(9-14(10)18)12-4-3-11(8-16-2)13(15)7-12/h3-4,7,10,14,16,18H,5-6,8-9H2,1-2H3. The summed E-state index contributed by atoms with van der Waals surface area (Å²) in [6, 6.07) is 6.43. The van der Waals surface area contributed by atoms with E-state index in [1.165, 1.54) is 11.3 Å². The Balaban J connectivity index is 2.12. The number of hydrogen-bond donors (Lipinski definition) is 2. The van der Waals surface area contributed by atoms with E-state index in [9.17, 15) is 5.11 Å². The molecule has 0 amide bonds. The molecule has 1 saturated heterocycles. The van der Waals surface area contributed by atoms with Crippen molar-refractivity contribution in [2.45, 2.75) is 26.0 Å². The number of aliphatic hydroxyl groups excluding tert-OH is 1. The predicted molar refractivity (Wildman–Crippen MR) is 78.9 cm³/mol. The molecule has 1 fully saturated rings. The van der Waals surface area contributed by atoms with Crippen molar-refractivity contribution < 1.29 is 5.11 Å². The number of rotatable bonds is 3. The fourth-order valence-electron chi connectivity index (χ4n) is 2.35. The number of hydrogen-bond acceptors (Lipinski definition) is 3. The third-order valence-electron chi connectivity index (χ3n) is 3.69. The highest BCUT2D eigenvalue weighted by Crippen LogP contribution is 2.27. The van der Waals surface area contributed by atoms with E-state index >= 15 is 0 Å². The van der Waals surface area contributed by atoms with Crippen LogP contribution in [0.3, 0.4) is 0 Å². The van der Waals surface area contributed by atoms with Gasteiger partial charge in [0.2, 0.25) is 0 Å². The van der Waals surface area contributed by atoms with Crippen molar-refractivity contribution in [2.24, 2.45) is 5.92 Å². The lowest BCUT2D eigenvalue weighted by Gasteiger charge is -2.36. The summed E-state index contributed by atoms with van der Waals surface area (Å²) in [5.74, 6) is 0.410. The van der Waals surface area contributed by atoms with Crippen molar-refractivity contribution in [1.82, 2.24) is 5.32 Å². The summed E-state index contributed by atoms with van der Waals surface area (Å²) in [5, 5.41) is 13.1. The van der Waals surface area contributed by atoms with Gasteiger partial charge in [0.05, 0.1) is 6.10 Å². The van der Waals surface area contributed by atoms with Crippen molar-refractivity contribution in [1.29, 1.82) is 0 Å². The van der Waals surface area contributed by atoms with E-state index in [0.29, 0.717) is 5.92 Å². The molecule has 100 valence electrons. The van der Waals surface area contributed by atoms with Crippen LogP contribution in [0.2, 0.25) is 0 Å². The van der Waals surface area contributed by atoms with Gasteiger partial charge in [-0.3, -0.25) is 0 Å².